The van der Waals surface area contributed by atoms with Gasteiger partial charge in [0.25, 0.3) is 0 Å². The Balaban J connectivity index is 3.28. The Morgan fingerprint density at radius 3 is 1.29 bits per heavy atom. The molecule has 14 heavy (non-hydrogen) atoms. The van der Waals surface area contributed by atoms with Gasteiger partial charge in [-0.15, -0.1) is 0 Å². The molecule has 0 aromatic heterocycles. The normalized spacial score (nSPS) is 18.3. The summed E-state index contributed by atoms with van der Waals surface area (Å²) >= 11 is 0. The first-order valence-electron chi connectivity index (χ1n) is 5.03. The van der Waals surface area contributed by atoms with Gasteiger partial charge in [0.1, 0.15) is 0 Å². The van der Waals surface area contributed by atoms with Gasteiger partial charge >= 0.3 is 0 Å². The number of allylic oxidation sites excluding steroid dienone is 4. The van der Waals surface area contributed by atoms with Gasteiger partial charge in [-0.25, -0.2) is 0 Å². The maximum Gasteiger partial charge on any atom is 0.185 e. The zero-order valence-electron chi connectivity index (χ0n) is 9.23. The van der Waals surface area contributed by atoms with Gasteiger partial charge in [0, 0.05) is 22.3 Å². The SMILES string of the molecule is CCC1=C(C)C(=O)C(CC)=C(C)C1=O. The van der Waals surface area contributed by atoms with Crippen LogP contribution in [0.2, 0.25) is 0 Å². The predicted molar refractivity (Wildman–Crippen MR) is 56.0 cm³/mol. The van der Waals surface area contributed by atoms with Gasteiger partial charge in [-0.3, -0.25) is 9.59 Å². The van der Waals surface area contributed by atoms with E-state index in [0.717, 1.165) is 0 Å². The number of hydrogen-bond acceptors (Lipinski definition) is 2. The first-order valence-corrected chi connectivity index (χ1v) is 5.03. The molecule has 1 rings (SSSR count). The van der Waals surface area contributed by atoms with Crippen LogP contribution in [0.5, 0.6) is 0 Å². The molecule has 0 spiro atoms. The average Bonchev–Trinajstić information content (AvgIpc) is 2.17. The molecule has 76 valence electrons. The van der Waals surface area contributed by atoms with Gasteiger partial charge in [-0.05, 0) is 26.7 Å². The van der Waals surface area contributed by atoms with E-state index < -0.39 is 0 Å². The lowest BCUT2D eigenvalue weighted by Gasteiger charge is -2.18. The second-order valence-electron chi connectivity index (χ2n) is 3.57. The standard InChI is InChI=1S/C12H16O2/c1-5-9-7(3)12(14)10(6-2)8(4)11(9)13/h5-6H2,1-4H3. The summed E-state index contributed by atoms with van der Waals surface area (Å²) in [6.45, 7) is 7.32. The van der Waals surface area contributed by atoms with Crippen LogP contribution in [-0.4, -0.2) is 11.6 Å². The largest absolute Gasteiger partial charge is 0.289 e. The van der Waals surface area contributed by atoms with Crippen molar-refractivity contribution in [3.8, 4) is 0 Å². The van der Waals surface area contributed by atoms with Crippen LogP contribution in [0, 0.1) is 0 Å². The molecule has 2 nitrogen and oxygen atoms in total. The Morgan fingerprint density at radius 2 is 1.07 bits per heavy atom. The molecule has 0 aliphatic heterocycles. The van der Waals surface area contributed by atoms with Crippen molar-refractivity contribution in [1.82, 2.24) is 0 Å². The maximum absolute atomic E-state index is 11.8. The summed E-state index contributed by atoms with van der Waals surface area (Å²) in [7, 11) is 0. The minimum absolute atomic E-state index is 0.0569. The minimum atomic E-state index is 0.0569. The quantitative estimate of drug-likeness (QED) is 0.630. The summed E-state index contributed by atoms with van der Waals surface area (Å²) in [5.41, 5.74) is 2.65. The Labute approximate surface area is 84.7 Å². The van der Waals surface area contributed by atoms with Crippen LogP contribution in [0.1, 0.15) is 40.5 Å². The van der Waals surface area contributed by atoms with Crippen molar-refractivity contribution in [3.05, 3.63) is 22.3 Å². The summed E-state index contributed by atoms with van der Waals surface area (Å²) < 4.78 is 0. The van der Waals surface area contributed by atoms with Crippen molar-refractivity contribution in [2.24, 2.45) is 0 Å². The fourth-order valence-corrected chi connectivity index (χ4v) is 1.92. The first kappa shape index (κ1) is 10.9. The number of carbonyl (C=O) groups is 2. The van der Waals surface area contributed by atoms with Crippen molar-refractivity contribution in [3.63, 3.8) is 0 Å². The zero-order chi connectivity index (χ0) is 10.9. The van der Waals surface area contributed by atoms with E-state index >= 15 is 0 Å². The molecule has 2 heteroatoms. The van der Waals surface area contributed by atoms with E-state index in [1.807, 2.05) is 13.8 Å². The second kappa shape index (κ2) is 3.91. The van der Waals surface area contributed by atoms with Crippen molar-refractivity contribution in [1.29, 1.82) is 0 Å². The Bertz CT molecular complexity index is 321. The van der Waals surface area contributed by atoms with Gasteiger partial charge in [0.2, 0.25) is 0 Å². The molecule has 0 saturated carbocycles. The van der Waals surface area contributed by atoms with Crippen LogP contribution < -0.4 is 0 Å². The van der Waals surface area contributed by atoms with E-state index in [-0.39, 0.29) is 11.6 Å². The van der Waals surface area contributed by atoms with E-state index in [9.17, 15) is 9.59 Å². The van der Waals surface area contributed by atoms with Crippen molar-refractivity contribution < 1.29 is 9.59 Å². The molecule has 0 N–H and O–H groups in total. The molecule has 0 atom stereocenters. The number of ketones is 2. The summed E-state index contributed by atoms with van der Waals surface area (Å²) in [6, 6.07) is 0. The fourth-order valence-electron chi connectivity index (χ4n) is 1.92. The molecule has 1 aliphatic rings. The molecule has 0 fully saturated rings. The Kier molecular flexibility index (Phi) is 3.04. The number of Topliss-reactive ketones (excluding diaryl/α,β-unsaturated/α-hetero) is 2. The fraction of sp³-hybridized carbons (Fsp3) is 0.500. The molecule has 1 aliphatic carbocycles. The van der Waals surface area contributed by atoms with Crippen LogP contribution >= 0.6 is 0 Å². The number of hydrogen-bond donors (Lipinski definition) is 0. The van der Waals surface area contributed by atoms with Crippen LogP contribution in [-0.2, 0) is 9.59 Å². The highest BCUT2D eigenvalue weighted by molar-refractivity contribution is 6.24. The van der Waals surface area contributed by atoms with E-state index in [2.05, 4.69) is 0 Å². The molecular formula is C12H16O2. The van der Waals surface area contributed by atoms with Gasteiger partial charge in [0.05, 0.1) is 0 Å². The maximum atomic E-state index is 11.8. The number of rotatable bonds is 2. The van der Waals surface area contributed by atoms with Crippen molar-refractivity contribution >= 4 is 11.6 Å². The molecule has 0 aromatic rings. The molecule has 0 saturated heterocycles. The van der Waals surface area contributed by atoms with E-state index in [1.165, 1.54) is 0 Å². The molecule has 0 bridgehead atoms. The average molecular weight is 192 g/mol. The van der Waals surface area contributed by atoms with Crippen LogP contribution in [0.15, 0.2) is 22.3 Å². The van der Waals surface area contributed by atoms with Crippen LogP contribution in [0.4, 0.5) is 0 Å². The third-order valence-electron chi connectivity index (χ3n) is 2.84. The topological polar surface area (TPSA) is 34.1 Å². The zero-order valence-corrected chi connectivity index (χ0v) is 9.23. The summed E-state index contributed by atoms with van der Waals surface area (Å²) in [4.78, 5) is 23.6. The van der Waals surface area contributed by atoms with Gasteiger partial charge in [0.15, 0.2) is 11.6 Å². The molecule has 0 heterocycles. The second-order valence-corrected chi connectivity index (χ2v) is 3.57. The van der Waals surface area contributed by atoms with Gasteiger partial charge < -0.3 is 0 Å². The smallest absolute Gasteiger partial charge is 0.185 e. The summed E-state index contributed by atoms with van der Waals surface area (Å²) in [5.74, 6) is 0.114. The lowest BCUT2D eigenvalue weighted by atomic mass is 9.83. The lowest BCUT2D eigenvalue weighted by molar-refractivity contribution is -0.116. The van der Waals surface area contributed by atoms with Crippen molar-refractivity contribution in [2.75, 3.05) is 0 Å². The highest BCUT2D eigenvalue weighted by Crippen LogP contribution is 2.27. The minimum Gasteiger partial charge on any atom is -0.289 e. The van der Waals surface area contributed by atoms with Crippen LogP contribution in [0.3, 0.4) is 0 Å². The van der Waals surface area contributed by atoms with Gasteiger partial charge in [-0.1, -0.05) is 13.8 Å². The molecular weight excluding hydrogens is 176 g/mol. The lowest BCUT2D eigenvalue weighted by Crippen LogP contribution is -2.21. The number of carbonyl (C=O) groups excluding carboxylic acids is 2. The highest BCUT2D eigenvalue weighted by atomic mass is 16.1. The summed E-state index contributed by atoms with van der Waals surface area (Å²) in [5, 5.41) is 0. The van der Waals surface area contributed by atoms with E-state index in [4.69, 9.17) is 0 Å². The molecule has 0 amide bonds. The van der Waals surface area contributed by atoms with E-state index in [1.54, 1.807) is 13.8 Å². The predicted octanol–water partition coefficient (Wildman–Crippen LogP) is 2.59. The van der Waals surface area contributed by atoms with Crippen LogP contribution in [0.25, 0.3) is 0 Å². The molecule has 0 radical (unpaired) electrons. The first-order chi connectivity index (χ1) is 6.54. The Hall–Kier alpha value is -1.18. The third-order valence-corrected chi connectivity index (χ3v) is 2.84. The van der Waals surface area contributed by atoms with E-state index in [0.29, 0.717) is 35.1 Å². The molecule has 0 unspecified atom stereocenters. The Morgan fingerprint density at radius 1 is 0.786 bits per heavy atom. The highest BCUT2D eigenvalue weighted by Gasteiger charge is 2.27. The molecule has 0 aromatic carbocycles. The summed E-state index contributed by atoms with van der Waals surface area (Å²) in [6.07, 6.45) is 1.29. The monoisotopic (exact) mass is 192 g/mol. The van der Waals surface area contributed by atoms with Gasteiger partial charge in [-0.2, -0.15) is 0 Å². The van der Waals surface area contributed by atoms with Crippen molar-refractivity contribution in [2.45, 2.75) is 40.5 Å². The third kappa shape index (κ3) is 1.45.